The highest BCUT2D eigenvalue weighted by Crippen LogP contribution is 2.14. The molecule has 1 aliphatic heterocycles. The van der Waals surface area contributed by atoms with Crippen molar-refractivity contribution in [3.63, 3.8) is 0 Å². The number of carbonyl (C=O) groups is 1. The molecule has 0 saturated carbocycles. The first-order chi connectivity index (χ1) is 18.0. The molecule has 1 aromatic heterocycles. The van der Waals surface area contributed by atoms with Gasteiger partial charge in [0.25, 0.3) is 0 Å². The van der Waals surface area contributed by atoms with E-state index in [2.05, 4.69) is 17.0 Å². The summed E-state index contributed by atoms with van der Waals surface area (Å²) in [6.45, 7) is 7.77. The Morgan fingerprint density at radius 1 is 0.919 bits per heavy atom. The average molecular weight is 512 g/mol. The van der Waals surface area contributed by atoms with Gasteiger partial charge in [-0.2, -0.15) is 0 Å². The van der Waals surface area contributed by atoms with Crippen molar-refractivity contribution in [1.29, 1.82) is 0 Å². The summed E-state index contributed by atoms with van der Waals surface area (Å²) in [5.41, 5.74) is 1.79. The molecule has 1 amide bonds. The molecule has 4 rings (SSSR count). The predicted octanol–water partition coefficient (Wildman–Crippen LogP) is 4.27. The number of nitrogens with zero attached hydrogens (tertiary/aromatic N) is 3. The zero-order chi connectivity index (χ0) is 26.0. The Bertz CT molecular complexity index is 1130. The molecule has 0 radical (unpaired) electrons. The Labute approximate surface area is 217 Å². The maximum absolute atomic E-state index is 13.9. The maximum atomic E-state index is 13.9. The molecule has 0 spiro atoms. The highest BCUT2D eigenvalue weighted by molar-refractivity contribution is 5.78. The third-order valence-electron chi connectivity index (χ3n) is 6.59. The number of hydrogen-bond acceptors (Lipinski definition) is 5. The molecule has 6 nitrogen and oxygen atoms in total. The van der Waals surface area contributed by atoms with Crippen molar-refractivity contribution in [3.8, 4) is 0 Å². The summed E-state index contributed by atoms with van der Waals surface area (Å²) in [4.78, 5) is 19.7. The molecule has 0 bridgehead atoms. The molecule has 8 heteroatoms. The summed E-state index contributed by atoms with van der Waals surface area (Å²) in [6, 6.07) is 17.8. The molecule has 37 heavy (non-hydrogen) atoms. The van der Waals surface area contributed by atoms with E-state index < -0.39 is 11.6 Å². The second kappa shape index (κ2) is 13.5. The smallest absolute Gasteiger partial charge is 0.237 e. The Morgan fingerprint density at radius 3 is 2.41 bits per heavy atom. The number of furan rings is 1. The number of ether oxygens (including phenoxy) is 1. The third-order valence-corrected chi connectivity index (χ3v) is 6.59. The number of carbonyl (C=O) groups excluding carboxylic acids is 1. The fourth-order valence-electron chi connectivity index (χ4n) is 4.47. The fraction of sp³-hybridized carbons (Fsp3) is 0.414. The molecule has 0 unspecified atom stereocenters. The molecule has 0 aliphatic carbocycles. The Kier molecular flexibility index (Phi) is 9.82. The van der Waals surface area contributed by atoms with Crippen LogP contribution in [0.15, 0.2) is 65.1 Å². The van der Waals surface area contributed by atoms with Gasteiger partial charge in [-0.3, -0.25) is 14.6 Å². The largest absolute Gasteiger partial charge is 0.464 e. The lowest BCUT2D eigenvalue weighted by atomic mass is 10.1. The van der Waals surface area contributed by atoms with E-state index in [0.717, 1.165) is 49.2 Å². The van der Waals surface area contributed by atoms with E-state index in [0.29, 0.717) is 45.0 Å². The summed E-state index contributed by atoms with van der Waals surface area (Å²) >= 11 is 0. The SMILES string of the molecule is Cc1ccc(CN(CCc2ccccc2)C(=O)CN(CCN2CCOCC2)Cc2ccc(F)c(F)c2)o1. The standard InChI is InChI=1S/C29H35F2N3O3/c1-23-7-9-26(37-23)21-34(12-11-24-5-3-2-4-6-24)29(35)22-33(14-13-32-15-17-36-18-16-32)20-25-8-10-27(30)28(31)19-25/h2-10,19H,11-18,20-22H2,1H3. The number of halogens is 2. The van der Waals surface area contributed by atoms with Gasteiger partial charge < -0.3 is 14.1 Å². The molecule has 198 valence electrons. The molecule has 1 saturated heterocycles. The molecular weight excluding hydrogens is 476 g/mol. The molecular formula is C29H35F2N3O3. The molecule has 2 aromatic carbocycles. The normalized spacial score (nSPS) is 14.3. The van der Waals surface area contributed by atoms with Crippen molar-refractivity contribution in [2.24, 2.45) is 0 Å². The van der Waals surface area contributed by atoms with Crippen LogP contribution in [0.3, 0.4) is 0 Å². The van der Waals surface area contributed by atoms with Gasteiger partial charge >= 0.3 is 0 Å². The van der Waals surface area contributed by atoms with Crippen LogP contribution < -0.4 is 0 Å². The van der Waals surface area contributed by atoms with Crippen LogP contribution in [0.25, 0.3) is 0 Å². The minimum absolute atomic E-state index is 0.0328. The van der Waals surface area contributed by atoms with Crippen LogP contribution in [-0.4, -0.2) is 73.1 Å². The maximum Gasteiger partial charge on any atom is 0.237 e. The lowest BCUT2D eigenvalue weighted by molar-refractivity contribution is -0.133. The molecule has 0 N–H and O–H groups in total. The minimum Gasteiger partial charge on any atom is -0.464 e. The second-order valence-corrected chi connectivity index (χ2v) is 9.48. The van der Waals surface area contributed by atoms with Crippen LogP contribution in [0.5, 0.6) is 0 Å². The predicted molar refractivity (Wildman–Crippen MR) is 138 cm³/mol. The highest BCUT2D eigenvalue weighted by Gasteiger charge is 2.21. The van der Waals surface area contributed by atoms with Crippen molar-refractivity contribution in [2.75, 3.05) is 52.5 Å². The van der Waals surface area contributed by atoms with E-state index in [9.17, 15) is 13.6 Å². The Morgan fingerprint density at radius 2 is 1.70 bits per heavy atom. The third kappa shape index (κ3) is 8.49. The molecule has 1 aliphatic rings. The molecule has 3 aromatic rings. The van der Waals surface area contributed by atoms with Crippen molar-refractivity contribution < 1.29 is 22.7 Å². The minimum atomic E-state index is -0.880. The van der Waals surface area contributed by atoms with Crippen molar-refractivity contribution >= 4 is 5.91 Å². The zero-order valence-electron chi connectivity index (χ0n) is 21.4. The van der Waals surface area contributed by atoms with Gasteiger partial charge in [0.15, 0.2) is 11.6 Å². The van der Waals surface area contributed by atoms with Crippen LogP contribution in [0, 0.1) is 18.6 Å². The van der Waals surface area contributed by atoms with Crippen molar-refractivity contribution in [2.45, 2.75) is 26.4 Å². The monoisotopic (exact) mass is 511 g/mol. The van der Waals surface area contributed by atoms with Crippen LogP contribution in [-0.2, 0) is 29.0 Å². The van der Waals surface area contributed by atoms with E-state index in [4.69, 9.17) is 9.15 Å². The summed E-state index contributed by atoms with van der Waals surface area (Å²) in [5, 5.41) is 0. The van der Waals surface area contributed by atoms with Crippen molar-refractivity contribution in [1.82, 2.24) is 14.7 Å². The second-order valence-electron chi connectivity index (χ2n) is 9.48. The quantitative estimate of drug-likeness (QED) is 0.364. The highest BCUT2D eigenvalue weighted by atomic mass is 19.2. The van der Waals surface area contributed by atoms with E-state index in [1.807, 2.05) is 47.1 Å². The number of hydrogen-bond donors (Lipinski definition) is 0. The van der Waals surface area contributed by atoms with E-state index >= 15 is 0 Å². The van der Waals surface area contributed by atoms with Gasteiger partial charge in [-0.1, -0.05) is 36.4 Å². The zero-order valence-corrected chi connectivity index (χ0v) is 21.4. The lowest BCUT2D eigenvalue weighted by Crippen LogP contribution is -2.45. The molecule has 0 atom stereocenters. The fourth-order valence-corrected chi connectivity index (χ4v) is 4.47. The van der Waals surface area contributed by atoms with Crippen LogP contribution in [0.1, 0.15) is 22.6 Å². The van der Waals surface area contributed by atoms with E-state index in [1.54, 1.807) is 6.07 Å². The number of aryl methyl sites for hydroxylation is 1. The van der Waals surface area contributed by atoms with Gasteiger partial charge in [-0.15, -0.1) is 0 Å². The van der Waals surface area contributed by atoms with Crippen LogP contribution in [0.2, 0.25) is 0 Å². The van der Waals surface area contributed by atoms with Crippen LogP contribution in [0.4, 0.5) is 8.78 Å². The number of morpholine rings is 1. The van der Waals surface area contributed by atoms with E-state index in [-0.39, 0.29) is 12.5 Å². The molecule has 1 fully saturated rings. The Hall–Kier alpha value is -3.07. The summed E-state index contributed by atoms with van der Waals surface area (Å²) < 4.78 is 38.6. The van der Waals surface area contributed by atoms with Gasteiger partial charge in [0.2, 0.25) is 5.91 Å². The van der Waals surface area contributed by atoms with Gasteiger partial charge in [0.05, 0.1) is 26.3 Å². The Balaban J connectivity index is 1.46. The van der Waals surface area contributed by atoms with Crippen molar-refractivity contribution in [3.05, 3.63) is 94.9 Å². The lowest BCUT2D eigenvalue weighted by Gasteiger charge is -2.31. The van der Waals surface area contributed by atoms with Crippen LogP contribution >= 0.6 is 0 Å². The average Bonchev–Trinajstić information content (AvgIpc) is 3.32. The number of benzene rings is 2. The summed E-state index contributed by atoms with van der Waals surface area (Å²) in [5.74, 6) is -0.250. The molecule has 2 heterocycles. The topological polar surface area (TPSA) is 49.2 Å². The summed E-state index contributed by atoms with van der Waals surface area (Å²) in [6.07, 6.45) is 0.725. The van der Waals surface area contributed by atoms with Gasteiger partial charge in [-0.25, -0.2) is 8.78 Å². The first kappa shape index (κ1) is 27.0. The number of amides is 1. The number of rotatable bonds is 12. The first-order valence-corrected chi connectivity index (χ1v) is 12.8. The summed E-state index contributed by atoms with van der Waals surface area (Å²) in [7, 11) is 0. The van der Waals surface area contributed by atoms with E-state index in [1.165, 1.54) is 6.07 Å². The van der Waals surface area contributed by atoms with Gasteiger partial charge in [0.1, 0.15) is 11.5 Å². The first-order valence-electron chi connectivity index (χ1n) is 12.8. The van der Waals surface area contributed by atoms with Gasteiger partial charge in [-0.05, 0) is 48.7 Å². The van der Waals surface area contributed by atoms with Gasteiger partial charge in [0, 0.05) is 39.3 Å².